The molecule has 0 spiro atoms. The van der Waals surface area contributed by atoms with E-state index in [9.17, 15) is 8.42 Å². The molecule has 0 amide bonds. The Kier molecular flexibility index (Phi) is 4.07. The normalized spacial score (nSPS) is 11.3. The van der Waals surface area contributed by atoms with Gasteiger partial charge in [-0.15, -0.1) is 0 Å². The Balaban J connectivity index is 2.35. The molecule has 1 N–H and O–H groups in total. The number of halogens is 2. The molecule has 0 unspecified atom stereocenters. The Labute approximate surface area is 124 Å². The van der Waals surface area contributed by atoms with Crippen molar-refractivity contribution >= 4 is 43.4 Å². The van der Waals surface area contributed by atoms with E-state index in [1.807, 2.05) is 0 Å². The van der Waals surface area contributed by atoms with Crippen molar-refractivity contribution in [2.75, 3.05) is 4.72 Å². The number of anilines is 1. The fourth-order valence-corrected chi connectivity index (χ4v) is 3.12. The molecule has 0 atom stereocenters. The predicted octanol–water partition coefficient (Wildman–Crippen LogP) is 3.00. The minimum absolute atomic E-state index is 0.151. The first-order valence-electron chi connectivity index (χ1n) is 5.15. The van der Waals surface area contributed by atoms with Crippen molar-refractivity contribution < 1.29 is 8.42 Å². The molecule has 0 saturated carbocycles. The summed E-state index contributed by atoms with van der Waals surface area (Å²) in [5.74, 6) is 0.151. The molecule has 2 aromatic rings. The molecule has 0 aliphatic carbocycles. The van der Waals surface area contributed by atoms with Gasteiger partial charge in [0.05, 0.1) is 17.3 Å². The number of sulfonamides is 1. The third kappa shape index (κ3) is 3.43. The molecule has 2 rings (SSSR count). The van der Waals surface area contributed by atoms with E-state index in [2.05, 4.69) is 30.6 Å². The van der Waals surface area contributed by atoms with Gasteiger partial charge in [-0.2, -0.15) is 0 Å². The van der Waals surface area contributed by atoms with E-state index in [-0.39, 0.29) is 10.7 Å². The quantitative estimate of drug-likeness (QED) is 0.911. The molecule has 100 valence electrons. The fourth-order valence-electron chi connectivity index (χ4n) is 1.47. The molecule has 0 saturated heterocycles. The van der Waals surface area contributed by atoms with E-state index < -0.39 is 10.0 Å². The van der Waals surface area contributed by atoms with Crippen LogP contribution in [-0.2, 0) is 10.0 Å². The lowest BCUT2D eigenvalue weighted by molar-refractivity contribution is 0.600. The van der Waals surface area contributed by atoms with Gasteiger partial charge in [-0.3, -0.25) is 4.72 Å². The SMILES string of the molecule is Cc1cc(Cl)ccc1S(=O)(=O)Nc1cnc(Br)cn1. The van der Waals surface area contributed by atoms with Crippen LogP contribution in [0.25, 0.3) is 0 Å². The zero-order valence-corrected chi connectivity index (χ0v) is 12.9. The summed E-state index contributed by atoms with van der Waals surface area (Å²) >= 11 is 8.93. The molecule has 5 nitrogen and oxygen atoms in total. The van der Waals surface area contributed by atoms with Crippen LogP contribution in [0.3, 0.4) is 0 Å². The highest BCUT2D eigenvalue weighted by atomic mass is 79.9. The maximum absolute atomic E-state index is 12.2. The molecule has 0 fully saturated rings. The van der Waals surface area contributed by atoms with Crippen LogP contribution < -0.4 is 4.72 Å². The van der Waals surface area contributed by atoms with Gasteiger partial charge in [0.2, 0.25) is 0 Å². The molecule has 19 heavy (non-hydrogen) atoms. The summed E-state index contributed by atoms with van der Waals surface area (Å²) in [5, 5.41) is 0.486. The van der Waals surface area contributed by atoms with E-state index in [1.54, 1.807) is 13.0 Å². The molecule has 0 radical (unpaired) electrons. The molecule has 0 bridgehead atoms. The van der Waals surface area contributed by atoms with Gasteiger partial charge in [-0.1, -0.05) is 11.6 Å². The molecule has 8 heteroatoms. The van der Waals surface area contributed by atoms with Crippen LogP contribution in [0.1, 0.15) is 5.56 Å². The number of nitrogens with one attached hydrogen (secondary N) is 1. The number of rotatable bonds is 3. The second-order valence-electron chi connectivity index (χ2n) is 3.74. The number of hydrogen-bond acceptors (Lipinski definition) is 4. The van der Waals surface area contributed by atoms with Gasteiger partial charge in [-0.25, -0.2) is 18.4 Å². The van der Waals surface area contributed by atoms with Crippen LogP contribution >= 0.6 is 27.5 Å². The average Bonchev–Trinajstić information content (AvgIpc) is 2.31. The van der Waals surface area contributed by atoms with Crippen molar-refractivity contribution in [1.29, 1.82) is 0 Å². The highest BCUT2D eigenvalue weighted by Crippen LogP contribution is 2.21. The van der Waals surface area contributed by atoms with Gasteiger partial charge in [-0.05, 0) is 46.6 Å². The second-order valence-corrected chi connectivity index (χ2v) is 6.64. The summed E-state index contributed by atoms with van der Waals surface area (Å²) in [5.41, 5.74) is 0.560. The molecule has 0 aliphatic rings. The van der Waals surface area contributed by atoms with Crippen molar-refractivity contribution in [1.82, 2.24) is 9.97 Å². The van der Waals surface area contributed by atoms with Crippen molar-refractivity contribution in [2.24, 2.45) is 0 Å². The summed E-state index contributed by atoms with van der Waals surface area (Å²) in [6, 6.07) is 4.56. The maximum Gasteiger partial charge on any atom is 0.263 e. The molecular formula is C11H9BrClN3O2S. The first-order chi connectivity index (χ1) is 8.88. The van der Waals surface area contributed by atoms with Crippen molar-refractivity contribution in [2.45, 2.75) is 11.8 Å². The van der Waals surface area contributed by atoms with Gasteiger partial charge in [0, 0.05) is 5.02 Å². The predicted molar refractivity (Wildman–Crippen MR) is 76.7 cm³/mol. The number of aromatic nitrogens is 2. The second kappa shape index (κ2) is 5.44. The summed E-state index contributed by atoms with van der Waals surface area (Å²) in [6.07, 6.45) is 2.74. The lowest BCUT2D eigenvalue weighted by Gasteiger charge is -2.09. The smallest absolute Gasteiger partial charge is 0.262 e. The lowest BCUT2D eigenvalue weighted by atomic mass is 10.2. The maximum atomic E-state index is 12.2. The third-order valence-corrected chi connectivity index (χ3v) is 4.45. The van der Waals surface area contributed by atoms with E-state index in [4.69, 9.17) is 11.6 Å². The van der Waals surface area contributed by atoms with E-state index in [0.29, 0.717) is 15.2 Å². The molecule has 0 aliphatic heterocycles. The van der Waals surface area contributed by atoms with Crippen molar-refractivity contribution in [3.63, 3.8) is 0 Å². The molecule has 1 heterocycles. The van der Waals surface area contributed by atoms with Crippen LogP contribution in [0.4, 0.5) is 5.82 Å². The number of hydrogen-bond donors (Lipinski definition) is 1. The standard InChI is InChI=1S/C11H9BrClN3O2S/c1-7-4-8(13)2-3-9(7)19(17,18)16-11-6-14-10(12)5-15-11/h2-6H,1H3,(H,15,16). The van der Waals surface area contributed by atoms with E-state index in [1.165, 1.54) is 24.5 Å². The number of benzene rings is 1. The van der Waals surface area contributed by atoms with Crippen LogP contribution in [0.15, 0.2) is 40.1 Å². The van der Waals surface area contributed by atoms with E-state index in [0.717, 1.165) is 0 Å². The number of nitrogens with zero attached hydrogens (tertiary/aromatic N) is 2. The zero-order valence-electron chi connectivity index (χ0n) is 9.76. The Bertz CT molecular complexity index is 704. The molecule has 1 aromatic carbocycles. The van der Waals surface area contributed by atoms with Crippen LogP contribution in [-0.4, -0.2) is 18.4 Å². The fraction of sp³-hybridized carbons (Fsp3) is 0.0909. The zero-order chi connectivity index (χ0) is 14.0. The Hall–Kier alpha value is -1.18. The first-order valence-corrected chi connectivity index (χ1v) is 7.80. The summed E-state index contributed by atoms with van der Waals surface area (Å²) in [6.45, 7) is 1.67. The highest BCUT2D eigenvalue weighted by Gasteiger charge is 2.17. The first kappa shape index (κ1) is 14.2. The van der Waals surface area contributed by atoms with Gasteiger partial charge in [0.1, 0.15) is 4.60 Å². The summed E-state index contributed by atoms with van der Waals surface area (Å²) in [7, 11) is -3.70. The minimum atomic E-state index is -3.70. The van der Waals surface area contributed by atoms with Crippen LogP contribution in [0.2, 0.25) is 5.02 Å². The highest BCUT2D eigenvalue weighted by molar-refractivity contribution is 9.10. The summed E-state index contributed by atoms with van der Waals surface area (Å²) < 4.78 is 27.3. The summed E-state index contributed by atoms with van der Waals surface area (Å²) in [4.78, 5) is 7.96. The van der Waals surface area contributed by atoms with Gasteiger partial charge >= 0.3 is 0 Å². The average molecular weight is 363 g/mol. The Morgan fingerprint density at radius 2 is 2.00 bits per heavy atom. The largest absolute Gasteiger partial charge is 0.263 e. The van der Waals surface area contributed by atoms with Crippen LogP contribution in [0, 0.1) is 6.92 Å². The van der Waals surface area contributed by atoms with Gasteiger partial charge in [0.15, 0.2) is 5.82 Å². The van der Waals surface area contributed by atoms with Crippen molar-refractivity contribution in [3.8, 4) is 0 Å². The van der Waals surface area contributed by atoms with Crippen LogP contribution in [0.5, 0.6) is 0 Å². The van der Waals surface area contributed by atoms with Gasteiger partial charge in [0.25, 0.3) is 10.0 Å². The topological polar surface area (TPSA) is 72.0 Å². The lowest BCUT2D eigenvalue weighted by Crippen LogP contribution is -2.15. The molecule has 1 aromatic heterocycles. The molecular weight excluding hydrogens is 354 g/mol. The Morgan fingerprint density at radius 1 is 1.26 bits per heavy atom. The van der Waals surface area contributed by atoms with Crippen molar-refractivity contribution in [3.05, 3.63) is 45.8 Å². The third-order valence-electron chi connectivity index (χ3n) is 2.29. The Morgan fingerprint density at radius 3 is 2.58 bits per heavy atom. The van der Waals surface area contributed by atoms with Gasteiger partial charge < -0.3 is 0 Å². The monoisotopic (exact) mass is 361 g/mol. The minimum Gasteiger partial charge on any atom is -0.262 e. The number of aryl methyl sites for hydroxylation is 1. The van der Waals surface area contributed by atoms with E-state index >= 15 is 0 Å².